The third-order valence-corrected chi connectivity index (χ3v) is 1.05. The molecule has 0 saturated heterocycles. The molecule has 0 amide bonds. The third-order valence-electron chi connectivity index (χ3n) is 1.05. The Bertz CT molecular complexity index is 167. The van der Waals surface area contributed by atoms with Crippen molar-refractivity contribution in [1.82, 2.24) is 4.98 Å². The summed E-state index contributed by atoms with van der Waals surface area (Å²) < 4.78 is 0. The zero-order chi connectivity index (χ0) is 5.98. The lowest BCUT2D eigenvalue weighted by atomic mass is 10.0. The zero-order valence-corrected chi connectivity index (χ0v) is 4.76. The van der Waals surface area contributed by atoms with Crippen molar-refractivity contribution < 1.29 is 0 Å². The average molecular weight is 106 g/mol. The van der Waals surface area contributed by atoms with Gasteiger partial charge in [-0.3, -0.25) is 4.98 Å². The van der Waals surface area contributed by atoms with E-state index in [0.717, 1.165) is 11.3 Å². The first-order chi connectivity index (χ1) is 3.80. The van der Waals surface area contributed by atoms with Gasteiger partial charge in [0.2, 0.25) is 0 Å². The normalized spacial score (nSPS) is 9.00. The molecule has 0 unspecified atom stereocenters. The van der Waals surface area contributed by atoms with Crippen molar-refractivity contribution in [2.45, 2.75) is 0 Å². The van der Waals surface area contributed by atoms with Gasteiger partial charge in [-0.2, -0.15) is 0 Å². The molecule has 8 heavy (non-hydrogen) atoms. The van der Waals surface area contributed by atoms with Crippen molar-refractivity contribution in [3.63, 3.8) is 0 Å². The van der Waals surface area contributed by atoms with E-state index in [1.54, 1.807) is 6.20 Å². The van der Waals surface area contributed by atoms with E-state index >= 15 is 0 Å². The van der Waals surface area contributed by atoms with Crippen LogP contribution in [0.25, 0.3) is 0 Å². The Morgan fingerprint density at radius 1 is 1.62 bits per heavy atom. The van der Waals surface area contributed by atoms with Gasteiger partial charge in [-0.05, 0) is 12.1 Å². The average Bonchev–Trinajstić information content (AvgIpc) is 1.77. The van der Waals surface area contributed by atoms with Gasteiger partial charge in [0.1, 0.15) is 0 Å². The Kier molecular flexibility index (Phi) is 1.20. The maximum atomic E-state index is 5.46. The summed E-state index contributed by atoms with van der Waals surface area (Å²) in [6.07, 6.45) is 1.73. The quantitative estimate of drug-likeness (QED) is 0.427. The van der Waals surface area contributed by atoms with Crippen LogP contribution < -0.4 is 11.3 Å². The van der Waals surface area contributed by atoms with Gasteiger partial charge in [0.05, 0.1) is 0 Å². The molecule has 0 atom stereocenters. The molecule has 0 aromatic carbocycles. The maximum Gasteiger partial charge on any atom is 0.166 e. The van der Waals surface area contributed by atoms with Crippen LogP contribution in [-0.2, 0) is 0 Å². The maximum absolute atomic E-state index is 5.46. The number of anilines is 1. The van der Waals surface area contributed by atoms with E-state index < -0.39 is 0 Å². The van der Waals surface area contributed by atoms with Crippen LogP contribution in [0.4, 0.5) is 5.69 Å². The second-order valence-electron chi connectivity index (χ2n) is 1.68. The summed E-state index contributed by atoms with van der Waals surface area (Å²) in [4.78, 5) is 3.95. The number of hydrogen-bond acceptors (Lipinski definition) is 2. The van der Waals surface area contributed by atoms with Crippen molar-refractivity contribution >= 4 is 19.1 Å². The topological polar surface area (TPSA) is 38.9 Å². The number of nitrogen functional groups attached to an aromatic ring is 1. The lowest BCUT2D eigenvalue weighted by Gasteiger charge is -1.93. The number of aromatic nitrogens is 1. The molecule has 3 heteroatoms. The summed E-state index contributed by atoms with van der Waals surface area (Å²) in [5.74, 6) is 0. The minimum absolute atomic E-state index is 0.757. The van der Waals surface area contributed by atoms with Crippen LogP contribution in [0, 0.1) is 0 Å². The second kappa shape index (κ2) is 1.86. The van der Waals surface area contributed by atoms with Gasteiger partial charge in [-0.25, -0.2) is 0 Å². The molecule has 1 heterocycles. The van der Waals surface area contributed by atoms with Crippen LogP contribution in [0.1, 0.15) is 0 Å². The Morgan fingerprint density at radius 3 is 2.75 bits per heavy atom. The standard InChI is InChI=1S/C5H7BN2/c6-5-4(7)2-1-3-8-5/h1-3H,6-7H2. The predicted octanol–water partition coefficient (Wildman–Crippen LogP) is -1.08. The summed E-state index contributed by atoms with van der Waals surface area (Å²) in [6.45, 7) is 0. The zero-order valence-electron chi connectivity index (χ0n) is 4.76. The molecular formula is C5H7BN2. The van der Waals surface area contributed by atoms with Gasteiger partial charge in [0.25, 0.3) is 0 Å². The molecule has 0 saturated carbocycles. The van der Waals surface area contributed by atoms with E-state index in [1.807, 2.05) is 20.0 Å². The van der Waals surface area contributed by atoms with Crippen LogP contribution >= 0.6 is 0 Å². The first-order valence-electron chi connectivity index (χ1n) is 2.48. The Labute approximate surface area is 49.1 Å². The minimum Gasteiger partial charge on any atom is -0.398 e. The fourth-order valence-corrected chi connectivity index (χ4v) is 0.497. The number of nitrogens with zero attached hydrogens (tertiary/aromatic N) is 1. The molecule has 2 N–H and O–H groups in total. The Morgan fingerprint density at radius 2 is 2.38 bits per heavy atom. The molecule has 0 aliphatic rings. The first kappa shape index (κ1) is 5.16. The Hall–Kier alpha value is -0.985. The molecule has 0 aliphatic heterocycles. The van der Waals surface area contributed by atoms with Crippen LogP contribution in [-0.4, -0.2) is 12.8 Å². The Balaban J connectivity index is 3.13. The fraction of sp³-hybridized carbons (Fsp3) is 0. The molecule has 0 fully saturated rings. The number of rotatable bonds is 0. The van der Waals surface area contributed by atoms with Gasteiger partial charge >= 0.3 is 0 Å². The van der Waals surface area contributed by atoms with Crippen molar-refractivity contribution in [2.24, 2.45) is 0 Å². The summed E-state index contributed by atoms with van der Waals surface area (Å²) in [5, 5.41) is 0. The highest BCUT2D eigenvalue weighted by Gasteiger charge is 1.86. The SMILES string of the molecule is Bc1ncccc1N. The lowest BCUT2D eigenvalue weighted by molar-refractivity contribution is 1.39. The van der Waals surface area contributed by atoms with Crippen LogP contribution in [0.5, 0.6) is 0 Å². The molecular weight excluding hydrogens is 98.9 g/mol. The number of hydrogen-bond donors (Lipinski definition) is 1. The van der Waals surface area contributed by atoms with E-state index in [-0.39, 0.29) is 0 Å². The lowest BCUT2D eigenvalue weighted by Crippen LogP contribution is -2.12. The molecule has 0 spiro atoms. The molecule has 1 aromatic heterocycles. The summed E-state index contributed by atoms with van der Waals surface area (Å²) in [5.41, 5.74) is 7.11. The van der Waals surface area contributed by atoms with E-state index in [9.17, 15) is 0 Å². The van der Waals surface area contributed by atoms with Gasteiger partial charge in [-0.15, -0.1) is 0 Å². The minimum atomic E-state index is 0.757. The fourth-order valence-electron chi connectivity index (χ4n) is 0.497. The van der Waals surface area contributed by atoms with Crippen molar-refractivity contribution in [1.29, 1.82) is 0 Å². The van der Waals surface area contributed by atoms with Crippen molar-refractivity contribution in [2.75, 3.05) is 5.73 Å². The second-order valence-corrected chi connectivity index (χ2v) is 1.68. The summed E-state index contributed by atoms with van der Waals surface area (Å²) in [6, 6.07) is 3.66. The predicted molar refractivity (Wildman–Crippen MR) is 36.8 cm³/mol. The molecule has 0 bridgehead atoms. The van der Waals surface area contributed by atoms with Gasteiger partial charge in [-0.1, -0.05) is 0 Å². The molecule has 2 nitrogen and oxygen atoms in total. The van der Waals surface area contributed by atoms with Crippen molar-refractivity contribution in [3.8, 4) is 0 Å². The van der Waals surface area contributed by atoms with E-state index in [1.165, 1.54) is 0 Å². The van der Waals surface area contributed by atoms with Crippen LogP contribution in [0.2, 0.25) is 0 Å². The smallest absolute Gasteiger partial charge is 0.166 e. The largest absolute Gasteiger partial charge is 0.398 e. The molecule has 40 valence electrons. The highest BCUT2D eigenvalue weighted by Crippen LogP contribution is 1.88. The molecule has 1 aromatic rings. The van der Waals surface area contributed by atoms with E-state index in [0.29, 0.717) is 0 Å². The molecule has 0 radical (unpaired) electrons. The number of pyridine rings is 1. The molecule has 1 rings (SSSR count). The van der Waals surface area contributed by atoms with Crippen LogP contribution in [0.15, 0.2) is 18.3 Å². The first-order valence-corrected chi connectivity index (χ1v) is 2.48. The van der Waals surface area contributed by atoms with Gasteiger partial charge in [0, 0.05) is 17.5 Å². The monoisotopic (exact) mass is 106 g/mol. The van der Waals surface area contributed by atoms with E-state index in [2.05, 4.69) is 4.98 Å². The van der Waals surface area contributed by atoms with Gasteiger partial charge < -0.3 is 5.73 Å². The third kappa shape index (κ3) is 0.806. The van der Waals surface area contributed by atoms with Gasteiger partial charge in [0.15, 0.2) is 7.85 Å². The van der Waals surface area contributed by atoms with Crippen molar-refractivity contribution in [3.05, 3.63) is 18.3 Å². The highest BCUT2D eigenvalue weighted by molar-refractivity contribution is 6.33. The van der Waals surface area contributed by atoms with E-state index in [4.69, 9.17) is 5.73 Å². The van der Waals surface area contributed by atoms with Crippen LogP contribution in [0.3, 0.4) is 0 Å². The molecule has 0 aliphatic carbocycles. The highest BCUT2D eigenvalue weighted by atomic mass is 14.7. The summed E-state index contributed by atoms with van der Waals surface area (Å²) in [7, 11) is 1.88. The number of nitrogens with two attached hydrogens (primary N) is 1. The summed E-state index contributed by atoms with van der Waals surface area (Å²) >= 11 is 0.